The van der Waals surface area contributed by atoms with Gasteiger partial charge < -0.3 is 0 Å². The summed E-state index contributed by atoms with van der Waals surface area (Å²) in [5.74, 6) is -0.00608. The first-order valence-electron chi connectivity index (χ1n) is 7.28. The molecule has 0 saturated heterocycles. The third kappa shape index (κ3) is 2.16. The van der Waals surface area contributed by atoms with Crippen molar-refractivity contribution < 1.29 is 8.78 Å². The van der Waals surface area contributed by atoms with Crippen molar-refractivity contribution in [2.75, 3.05) is 0 Å². The molecule has 1 aromatic heterocycles. The Kier molecular flexibility index (Phi) is 3.08. The van der Waals surface area contributed by atoms with Crippen LogP contribution in [0.4, 0.5) is 8.78 Å². The lowest BCUT2D eigenvalue weighted by Gasteiger charge is -2.13. The summed E-state index contributed by atoms with van der Waals surface area (Å²) < 4.78 is 30.0. The van der Waals surface area contributed by atoms with Crippen LogP contribution in [0, 0.1) is 18.6 Å². The second-order valence-electron chi connectivity index (χ2n) is 5.46. The number of imidazole rings is 1. The van der Waals surface area contributed by atoms with Crippen molar-refractivity contribution in [3.05, 3.63) is 82.9 Å². The number of rotatable bonds is 1. The fourth-order valence-corrected chi connectivity index (χ4v) is 2.94. The first-order chi connectivity index (χ1) is 11.1. The molecular formula is C18H13F2N3. The maximum atomic E-state index is 14.2. The molecule has 0 spiro atoms. The van der Waals surface area contributed by atoms with Crippen LogP contribution in [0.5, 0.6) is 0 Å². The van der Waals surface area contributed by atoms with Gasteiger partial charge in [-0.25, -0.2) is 13.8 Å². The van der Waals surface area contributed by atoms with Crippen molar-refractivity contribution >= 4 is 5.71 Å². The Morgan fingerprint density at radius 1 is 1.04 bits per heavy atom. The highest BCUT2D eigenvalue weighted by molar-refractivity contribution is 6.15. The van der Waals surface area contributed by atoms with Crippen LogP contribution in [-0.2, 0) is 6.54 Å². The smallest absolute Gasteiger partial charge is 0.135 e. The van der Waals surface area contributed by atoms with Gasteiger partial charge in [0.05, 0.1) is 17.9 Å². The van der Waals surface area contributed by atoms with Gasteiger partial charge in [-0.05, 0) is 37.3 Å². The van der Waals surface area contributed by atoms with Gasteiger partial charge in [-0.2, -0.15) is 0 Å². The minimum absolute atomic E-state index is 0.313. The Hall–Kier alpha value is -2.82. The predicted octanol–water partition coefficient (Wildman–Crippen LogP) is 3.81. The average molecular weight is 309 g/mol. The van der Waals surface area contributed by atoms with E-state index in [0.29, 0.717) is 23.4 Å². The van der Waals surface area contributed by atoms with Gasteiger partial charge in [-0.3, -0.25) is 9.56 Å². The molecule has 1 aliphatic rings. The van der Waals surface area contributed by atoms with Crippen LogP contribution in [0.15, 0.2) is 53.7 Å². The van der Waals surface area contributed by atoms with Crippen molar-refractivity contribution in [3.8, 4) is 5.69 Å². The van der Waals surface area contributed by atoms with Crippen LogP contribution in [0.25, 0.3) is 5.69 Å². The number of hydrogen-bond acceptors (Lipinski definition) is 2. The van der Waals surface area contributed by atoms with Crippen LogP contribution in [0.2, 0.25) is 0 Å². The van der Waals surface area contributed by atoms with Crippen molar-refractivity contribution in [2.24, 2.45) is 4.99 Å². The number of aryl methyl sites for hydroxylation is 1. The first kappa shape index (κ1) is 13.8. The van der Waals surface area contributed by atoms with E-state index < -0.39 is 0 Å². The Morgan fingerprint density at radius 2 is 1.87 bits per heavy atom. The molecule has 3 aromatic rings. The summed E-state index contributed by atoms with van der Waals surface area (Å²) in [4.78, 5) is 8.87. The van der Waals surface area contributed by atoms with Crippen LogP contribution < -0.4 is 0 Å². The summed E-state index contributed by atoms with van der Waals surface area (Å²) in [7, 11) is 0. The standard InChI is InChI=1S/C18H13F2N3/c1-11-9-21-17-10-22-18(13-4-2-3-5-15(13)20)14-8-12(19)6-7-16(14)23(11)17/h2-9H,10H2,1H3. The molecule has 1 aliphatic heterocycles. The van der Waals surface area contributed by atoms with Crippen molar-refractivity contribution in [1.82, 2.24) is 9.55 Å². The molecule has 3 nitrogen and oxygen atoms in total. The van der Waals surface area contributed by atoms with E-state index in [9.17, 15) is 8.78 Å². The summed E-state index contributed by atoms with van der Waals surface area (Å²) in [6, 6.07) is 10.9. The molecule has 0 N–H and O–H groups in total. The second-order valence-corrected chi connectivity index (χ2v) is 5.46. The Balaban J connectivity index is 2.03. The molecular weight excluding hydrogens is 296 g/mol. The fraction of sp³-hybridized carbons (Fsp3) is 0.111. The SMILES string of the molecule is Cc1cnc2n1-c1ccc(F)cc1C(c1ccccc1F)=NC2. The summed E-state index contributed by atoms with van der Waals surface area (Å²) in [6.45, 7) is 2.24. The van der Waals surface area contributed by atoms with Gasteiger partial charge in [0.15, 0.2) is 0 Å². The second kappa shape index (κ2) is 5.12. The lowest BCUT2D eigenvalue weighted by molar-refractivity contribution is 0.623. The third-order valence-electron chi connectivity index (χ3n) is 3.97. The highest BCUT2D eigenvalue weighted by Crippen LogP contribution is 2.27. The minimum atomic E-state index is -0.381. The maximum Gasteiger partial charge on any atom is 0.135 e. The molecule has 0 atom stereocenters. The van der Waals surface area contributed by atoms with Gasteiger partial charge in [0, 0.05) is 23.0 Å². The van der Waals surface area contributed by atoms with Crippen LogP contribution >= 0.6 is 0 Å². The number of fused-ring (bicyclic) bond motifs is 3. The van der Waals surface area contributed by atoms with Gasteiger partial charge in [-0.1, -0.05) is 12.1 Å². The Morgan fingerprint density at radius 3 is 2.70 bits per heavy atom. The molecule has 2 heterocycles. The topological polar surface area (TPSA) is 30.2 Å². The zero-order valence-corrected chi connectivity index (χ0v) is 12.4. The van der Waals surface area contributed by atoms with E-state index in [-0.39, 0.29) is 11.6 Å². The van der Waals surface area contributed by atoms with Crippen molar-refractivity contribution in [2.45, 2.75) is 13.5 Å². The van der Waals surface area contributed by atoms with E-state index in [1.165, 1.54) is 18.2 Å². The number of halogens is 2. The molecule has 0 fully saturated rings. The lowest BCUT2D eigenvalue weighted by Crippen LogP contribution is -2.10. The summed E-state index contributed by atoms with van der Waals surface area (Å²) in [5.41, 5.74) is 3.06. The fourth-order valence-electron chi connectivity index (χ4n) is 2.94. The zero-order valence-electron chi connectivity index (χ0n) is 12.4. The van der Waals surface area contributed by atoms with Crippen LogP contribution in [0.3, 0.4) is 0 Å². The maximum absolute atomic E-state index is 14.2. The molecule has 23 heavy (non-hydrogen) atoms. The monoisotopic (exact) mass is 309 g/mol. The van der Waals surface area contributed by atoms with E-state index in [2.05, 4.69) is 9.98 Å². The van der Waals surface area contributed by atoms with E-state index in [1.807, 2.05) is 11.5 Å². The highest BCUT2D eigenvalue weighted by Gasteiger charge is 2.22. The molecule has 0 unspecified atom stereocenters. The summed E-state index contributed by atoms with van der Waals surface area (Å²) >= 11 is 0. The number of nitrogens with zero attached hydrogens (tertiary/aromatic N) is 3. The van der Waals surface area contributed by atoms with E-state index in [1.54, 1.807) is 30.5 Å². The number of aliphatic imine (C=N–C) groups is 1. The molecule has 0 amide bonds. The van der Waals surface area contributed by atoms with Gasteiger partial charge in [0.2, 0.25) is 0 Å². The number of benzene rings is 2. The quantitative estimate of drug-likeness (QED) is 0.672. The average Bonchev–Trinajstić information content (AvgIpc) is 2.82. The van der Waals surface area contributed by atoms with Gasteiger partial charge in [0.25, 0.3) is 0 Å². The lowest BCUT2D eigenvalue weighted by atomic mass is 9.99. The van der Waals surface area contributed by atoms with Gasteiger partial charge in [0.1, 0.15) is 17.5 Å². The minimum Gasteiger partial charge on any atom is -0.299 e. The molecule has 0 bridgehead atoms. The molecule has 0 saturated carbocycles. The van der Waals surface area contributed by atoms with Crippen molar-refractivity contribution in [1.29, 1.82) is 0 Å². The molecule has 5 heteroatoms. The molecule has 0 radical (unpaired) electrons. The Labute approximate surface area is 131 Å². The molecule has 0 aliphatic carbocycles. The molecule has 2 aromatic carbocycles. The van der Waals surface area contributed by atoms with Crippen LogP contribution in [-0.4, -0.2) is 15.3 Å². The van der Waals surface area contributed by atoms with E-state index >= 15 is 0 Å². The number of aromatic nitrogens is 2. The zero-order chi connectivity index (χ0) is 16.0. The van der Waals surface area contributed by atoms with E-state index in [4.69, 9.17) is 0 Å². The van der Waals surface area contributed by atoms with Crippen LogP contribution in [0.1, 0.15) is 22.6 Å². The molecule has 114 valence electrons. The summed E-state index contributed by atoms with van der Waals surface area (Å²) in [6.07, 6.45) is 1.76. The van der Waals surface area contributed by atoms with Crippen molar-refractivity contribution in [3.63, 3.8) is 0 Å². The highest BCUT2D eigenvalue weighted by atomic mass is 19.1. The third-order valence-corrected chi connectivity index (χ3v) is 3.97. The largest absolute Gasteiger partial charge is 0.299 e. The van der Waals surface area contributed by atoms with Gasteiger partial charge in [-0.15, -0.1) is 0 Å². The normalized spacial score (nSPS) is 13.1. The van der Waals surface area contributed by atoms with E-state index in [0.717, 1.165) is 17.2 Å². The predicted molar refractivity (Wildman–Crippen MR) is 84.0 cm³/mol. The summed E-state index contributed by atoms with van der Waals surface area (Å²) in [5, 5.41) is 0. The van der Waals surface area contributed by atoms with Gasteiger partial charge >= 0.3 is 0 Å². The number of hydrogen-bond donors (Lipinski definition) is 0. The molecule has 4 rings (SSSR count). The Bertz CT molecular complexity index is 941. The first-order valence-corrected chi connectivity index (χ1v) is 7.28.